The van der Waals surface area contributed by atoms with Crippen LogP contribution in [0.5, 0.6) is 0 Å². The van der Waals surface area contributed by atoms with Gasteiger partial charge in [0.2, 0.25) is 11.8 Å². The monoisotopic (exact) mass is 404 g/mol. The van der Waals surface area contributed by atoms with Gasteiger partial charge in [-0.3, -0.25) is 24.3 Å². The van der Waals surface area contributed by atoms with Crippen molar-refractivity contribution in [2.75, 3.05) is 19.6 Å². The fourth-order valence-electron chi connectivity index (χ4n) is 3.47. The first-order valence-electron chi connectivity index (χ1n) is 9.78. The molecular weight excluding hydrogens is 380 g/mol. The van der Waals surface area contributed by atoms with Crippen molar-refractivity contribution in [3.63, 3.8) is 0 Å². The number of non-ortho nitro benzene ring substituents is 1. The van der Waals surface area contributed by atoms with E-state index in [-0.39, 0.29) is 36.1 Å². The number of amides is 2. The smallest absolute Gasteiger partial charge is 0.407 e. The summed E-state index contributed by atoms with van der Waals surface area (Å²) in [7, 11) is 0. The van der Waals surface area contributed by atoms with Crippen LogP contribution in [0.25, 0.3) is 11.1 Å². The molecule has 10 nitrogen and oxygen atoms in total. The molecule has 0 bridgehead atoms. The van der Waals surface area contributed by atoms with Crippen molar-refractivity contribution < 1.29 is 18.9 Å². The molecule has 3 rings (SSSR count). The van der Waals surface area contributed by atoms with Gasteiger partial charge in [-0.1, -0.05) is 6.42 Å². The highest BCUT2D eigenvalue weighted by molar-refractivity contribution is 5.77. The molecule has 156 valence electrons. The van der Waals surface area contributed by atoms with Gasteiger partial charge in [-0.05, 0) is 25.3 Å². The normalized spacial score (nSPS) is 14.8. The molecule has 1 aromatic carbocycles. The van der Waals surface area contributed by atoms with Crippen LogP contribution in [0.3, 0.4) is 0 Å². The van der Waals surface area contributed by atoms with Gasteiger partial charge >= 0.3 is 5.76 Å². The van der Waals surface area contributed by atoms with Crippen LogP contribution < -0.4 is 11.1 Å². The van der Waals surface area contributed by atoms with Crippen LogP contribution >= 0.6 is 0 Å². The first-order valence-corrected chi connectivity index (χ1v) is 9.78. The fraction of sp³-hybridized carbons (Fsp3) is 0.526. The van der Waals surface area contributed by atoms with Gasteiger partial charge in [-0.2, -0.15) is 0 Å². The van der Waals surface area contributed by atoms with E-state index in [0.29, 0.717) is 31.4 Å². The number of carbonyl (C=O) groups is 2. The highest BCUT2D eigenvalue weighted by atomic mass is 16.6. The maximum atomic E-state index is 12.0. The maximum Gasteiger partial charge on any atom is 0.419 e. The van der Waals surface area contributed by atoms with Gasteiger partial charge in [-0.15, -0.1) is 0 Å². The lowest BCUT2D eigenvalue weighted by Crippen LogP contribution is -2.38. The fourth-order valence-corrected chi connectivity index (χ4v) is 3.47. The van der Waals surface area contributed by atoms with E-state index in [4.69, 9.17) is 4.42 Å². The zero-order valence-electron chi connectivity index (χ0n) is 16.1. The SMILES string of the molecule is O=C(CCCn1c(=O)oc2cc([N+](=O)[O-])ccc21)NCCN1CCCCCC1=O. The molecule has 1 saturated heterocycles. The third kappa shape index (κ3) is 5.21. The second-order valence-corrected chi connectivity index (χ2v) is 7.07. The number of aryl methyl sites for hydroxylation is 1. The lowest BCUT2D eigenvalue weighted by molar-refractivity contribution is -0.384. The number of fused-ring (bicyclic) bond motifs is 1. The van der Waals surface area contributed by atoms with E-state index in [1.54, 1.807) is 4.90 Å². The van der Waals surface area contributed by atoms with Crippen molar-refractivity contribution >= 4 is 28.6 Å². The Hall–Kier alpha value is -3.17. The van der Waals surface area contributed by atoms with Crippen molar-refractivity contribution in [2.45, 2.75) is 45.1 Å². The number of hydrogen-bond donors (Lipinski definition) is 1. The lowest BCUT2D eigenvalue weighted by atomic mass is 10.2. The summed E-state index contributed by atoms with van der Waals surface area (Å²) < 4.78 is 6.43. The summed E-state index contributed by atoms with van der Waals surface area (Å²) in [6.07, 6.45) is 4.20. The average Bonchev–Trinajstić information content (AvgIpc) is 2.85. The molecule has 0 aliphatic carbocycles. The quantitative estimate of drug-likeness (QED) is 0.528. The minimum absolute atomic E-state index is 0.142. The number of aromatic nitrogens is 1. The van der Waals surface area contributed by atoms with E-state index in [0.717, 1.165) is 25.8 Å². The number of nitro benzene ring substituents is 1. The first-order chi connectivity index (χ1) is 14.0. The Morgan fingerprint density at radius 3 is 2.83 bits per heavy atom. The Balaban J connectivity index is 1.46. The predicted molar refractivity (Wildman–Crippen MR) is 104 cm³/mol. The van der Waals surface area contributed by atoms with Crippen LogP contribution in [0.1, 0.15) is 38.5 Å². The Morgan fingerprint density at radius 2 is 2.03 bits per heavy atom. The van der Waals surface area contributed by atoms with E-state index in [1.165, 1.54) is 22.8 Å². The van der Waals surface area contributed by atoms with E-state index in [2.05, 4.69) is 5.32 Å². The molecule has 2 aromatic rings. The zero-order chi connectivity index (χ0) is 20.8. The van der Waals surface area contributed by atoms with Crippen LogP contribution in [-0.2, 0) is 16.1 Å². The zero-order valence-corrected chi connectivity index (χ0v) is 16.1. The predicted octanol–water partition coefficient (Wildman–Crippen LogP) is 1.80. The minimum Gasteiger partial charge on any atom is -0.407 e. The molecule has 2 heterocycles. The van der Waals surface area contributed by atoms with Crippen LogP contribution in [0.2, 0.25) is 0 Å². The van der Waals surface area contributed by atoms with Gasteiger partial charge in [0.1, 0.15) is 0 Å². The molecule has 1 N–H and O–H groups in total. The molecule has 0 saturated carbocycles. The molecule has 10 heteroatoms. The van der Waals surface area contributed by atoms with Gasteiger partial charge in [0.05, 0.1) is 16.5 Å². The van der Waals surface area contributed by atoms with E-state index >= 15 is 0 Å². The van der Waals surface area contributed by atoms with E-state index in [9.17, 15) is 24.5 Å². The molecule has 0 spiro atoms. The highest BCUT2D eigenvalue weighted by Crippen LogP contribution is 2.20. The lowest BCUT2D eigenvalue weighted by Gasteiger charge is -2.20. The number of nitrogens with zero attached hydrogens (tertiary/aromatic N) is 3. The average molecular weight is 404 g/mol. The number of nitro groups is 1. The number of hydrogen-bond acceptors (Lipinski definition) is 6. The summed E-state index contributed by atoms with van der Waals surface area (Å²) in [5.41, 5.74) is 0.456. The Kier molecular flexibility index (Phi) is 6.63. The summed E-state index contributed by atoms with van der Waals surface area (Å²) in [5, 5.41) is 13.6. The van der Waals surface area contributed by atoms with Crippen LogP contribution in [0.4, 0.5) is 5.69 Å². The molecule has 0 atom stereocenters. The molecular formula is C19H24N4O6. The van der Waals surface area contributed by atoms with Crippen molar-refractivity contribution in [1.82, 2.24) is 14.8 Å². The third-order valence-electron chi connectivity index (χ3n) is 5.02. The second kappa shape index (κ2) is 9.35. The summed E-state index contributed by atoms with van der Waals surface area (Å²) in [4.78, 5) is 48.0. The van der Waals surface area contributed by atoms with Crippen LogP contribution in [0.15, 0.2) is 27.4 Å². The van der Waals surface area contributed by atoms with Gasteiger partial charge < -0.3 is 14.6 Å². The second-order valence-electron chi connectivity index (χ2n) is 7.07. The molecule has 1 aliphatic rings. The Bertz CT molecular complexity index is 963. The molecule has 1 aromatic heterocycles. The summed E-state index contributed by atoms with van der Waals surface area (Å²) in [5.74, 6) is -0.618. The van der Waals surface area contributed by atoms with Gasteiger partial charge in [0.15, 0.2) is 5.58 Å². The van der Waals surface area contributed by atoms with E-state index < -0.39 is 10.7 Å². The number of carbonyl (C=O) groups excluding carboxylic acids is 2. The van der Waals surface area contributed by atoms with Crippen molar-refractivity contribution in [3.05, 3.63) is 38.9 Å². The van der Waals surface area contributed by atoms with Crippen LogP contribution in [-0.4, -0.2) is 45.8 Å². The third-order valence-corrected chi connectivity index (χ3v) is 5.02. The molecule has 1 aliphatic heterocycles. The van der Waals surface area contributed by atoms with Gasteiger partial charge in [0.25, 0.3) is 5.69 Å². The number of benzene rings is 1. The van der Waals surface area contributed by atoms with Crippen molar-refractivity contribution in [3.8, 4) is 0 Å². The molecule has 2 amide bonds. The minimum atomic E-state index is -0.611. The number of nitrogens with one attached hydrogen (secondary N) is 1. The van der Waals surface area contributed by atoms with Crippen molar-refractivity contribution in [2.24, 2.45) is 0 Å². The number of likely N-dealkylation sites (tertiary alicyclic amines) is 1. The van der Waals surface area contributed by atoms with E-state index in [1.807, 2.05) is 0 Å². The largest absolute Gasteiger partial charge is 0.419 e. The summed E-state index contributed by atoms with van der Waals surface area (Å²) in [6.45, 7) is 1.92. The van der Waals surface area contributed by atoms with Gasteiger partial charge in [0, 0.05) is 45.1 Å². The Morgan fingerprint density at radius 1 is 1.21 bits per heavy atom. The number of oxazole rings is 1. The topological polar surface area (TPSA) is 128 Å². The van der Waals surface area contributed by atoms with Crippen molar-refractivity contribution in [1.29, 1.82) is 0 Å². The van der Waals surface area contributed by atoms with Crippen LogP contribution in [0, 0.1) is 10.1 Å². The summed E-state index contributed by atoms with van der Waals surface area (Å²) in [6, 6.07) is 3.99. The Labute approximate surface area is 166 Å². The number of rotatable bonds is 8. The first kappa shape index (κ1) is 20.6. The molecule has 0 unspecified atom stereocenters. The molecule has 1 fully saturated rings. The highest BCUT2D eigenvalue weighted by Gasteiger charge is 2.17. The van der Waals surface area contributed by atoms with Gasteiger partial charge in [-0.25, -0.2) is 4.79 Å². The molecule has 0 radical (unpaired) electrons. The molecule has 29 heavy (non-hydrogen) atoms. The maximum absolute atomic E-state index is 12.0. The standard InChI is InChI=1S/C19H24N4O6/c24-17(20-9-12-21-10-3-1-2-6-18(21)25)5-4-11-22-15-8-7-14(23(27)28)13-16(15)29-19(22)26/h7-8,13H,1-6,9-12H2,(H,20,24). The summed E-state index contributed by atoms with van der Waals surface area (Å²) >= 11 is 0.